The number of benzene rings is 3. The fraction of sp³-hybridized carbons (Fsp3) is 0.241. The molecule has 1 amide bonds. The maximum absolute atomic E-state index is 13.0. The van der Waals surface area contributed by atoms with Crippen LogP contribution in [0, 0.1) is 0 Å². The minimum absolute atomic E-state index is 0.162. The number of hydrogen-bond acceptors (Lipinski definition) is 6. The molecule has 0 aliphatic heterocycles. The number of aliphatic carboxylic acids is 1. The van der Waals surface area contributed by atoms with Crippen molar-refractivity contribution in [3.05, 3.63) is 91.9 Å². The topological polar surface area (TPSA) is 119 Å². The number of halogens is 4. The molecule has 0 saturated heterocycles. The fourth-order valence-corrected chi connectivity index (χ4v) is 4.76. The SMILES string of the molecule is COc1ccccc1NC(=O)CC(CC(=O)OC(=O)CC(CC(=O)O)c1ccc(Cl)c(Cl)c1)c1ccc(Cl)c(Cl)c1. The lowest BCUT2D eigenvalue weighted by atomic mass is 9.91. The van der Waals surface area contributed by atoms with E-state index in [9.17, 15) is 24.3 Å². The second-order valence-corrected chi connectivity index (χ2v) is 10.7. The van der Waals surface area contributed by atoms with Gasteiger partial charge in [0.15, 0.2) is 0 Å². The van der Waals surface area contributed by atoms with Crippen LogP contribution in [0.1, 0.15) is 48.6 Å². The zero-order valence-corrected chi connectivity index (χ0v) is 24.7. The highest BCUT2D eigenvalue weighted by molar-refractivity contribution is 6.42. The number of carboxylic acid groups (broad SMARTS) is 1. The molecule has 2 N–H and O–H groups in total. The van der Waals surface area contributed by atoms with Crippen LogP contribution in [0.2, 0.25) is 20.1 Å². The van der Waals surface area contributed by atoms with Crippen molar-refractivity contribution in [1.29, 1.82) is 0 Å². The van der Waals surface area contributed by atoms with E-state index in [1.54, 1.807) is 36.4 Å². The van der Waals surface area contributed by atoms with Gasteiger partial charge in [0.25, 0.3) is 0 Å². The molecular formula is C29H25Cl4NO7. The monoisotopic (exact) mass is 639 g/mol. The molecule has 0 fully saturated rings. The first-order valence-electron chi connectivity index (χ1n) is 12.2. The number of hydrogen-bond donors (Lipinski definition) is 2. The lowest BCUT2D eigenvalue weighted by Gasteiger charge is -2.18. The third-order valence-corrected chi connectivity index (χ3v) is 7.60. The van der Waals surface area contributed by atoms with Crippen LogP contribution in [-0.4, -0.2) is 36.0 Å². The van der Waals surface area contributed by atoms with Crippen LogP contribution in [0.25, 0.3) is 0 Å². The minimum Gasteiger partial charge on any atom is -0.495 e. The van der Waals surface area contributed by atoms with Crippen molar-refractivity contribution in [2.45, 2.75) is 37.5 Å². The predicted octanol–water partition coefficient (Wildman–Crippen LogP) is 7.53. The molecule has 0 heterocycles. The van der Waals surface area contributed by atoms with Crippen LogP contribution in [-0.2, 0) is 23.9 Å². The Morgan fingerprint density at radius 3 is 1.73 bits per heavy atom. The summed E-state index contributed by atoms with van der Waals surface area (Å²) in [5, 5.41) is 13.1. The molecule has 3 aromatic carbocycles. The number of methoxy groups -OCH3 is 1. The Morgan fingerprint density at radius 1 is 0.732 bits per heavy atom. The molecule has 3 aromatic rings. The van der Waals surface area contributed by atoms with Gasteiger partial charge in [-0.3, -0.25) is 19.2 Å². The second-order valence-electron chi connectivity index (χ2n) is 9.05. The number of anilines is 1. The third-order valence-electron chi connectivity index (χ3n) is 6.12. The fourth-order valence-electron chi connectivity index (χ4n) is 4.14. The van der Waals surface area contributed by atoms with Gasteiger partial charge >= 0.3 is 17.9 Å². The van der Waals surface area contributed by atoms with Crippen molar-refractivity contribution in [2.24, 2.45) is 0 Å². The number of para-hydroxylation sites is 2. The molecule has 8 nitrogen and oxygen atoms in total. The van der Waals surface area contributed by atoms with E-state index >= 15 is 0 Å². The number of esters is 2. The molecule has 0 bridgehead atoms. The van der Waals surface area contributed by atoms with Crippen molar-refractivity contribution in [3.63, 3.8) is 0 Å². The number of ether oxygens (including phenoxy) is 2. The largest absolute Gasteiger partial charge is 0.495 e. The van der Waals surface area contributed by atoms with E-state index in [1.807, 2.05) is 0 Å². The van der Waals surface area contributed by atoms with Crippen LogP contribution < -0.4 is 10.1 Å². The summed E-state index contributed by atoms with van der Waals surface area (Å²) in [7, 11) is 1.47. The molecule has 2 atom stereocenters. The van der Waals surface area contributed by atoms with E-state index in [1.165, 1.54) is 31.4 Å². The molecule has 0 aliphatic rings. The van der Waals surface area contributed by atoms with E-state index in [-0.39, 0.29) is 32.9 Å². The van der Waals surface area contributed by atoms with Crippen molar-refractivity contribution >= 4 is 75.9 Å². The summed E-state index contributed by atoms with van der Waals surface area (Å²) in [5.74, 6) is -4.51. The summed E-state index contributed by atoms with van der Waals surface area (Å²) in [6.45, 7) is 0. The molecule has 216 valence electrons. The Labute approximate surface area is 256 Å². The van der Waals surface area contributed by atoms with Crippen molar-refractivity contribution < 1.29 is 33.8 Å². The number of amides is 1. The highest BCUT2D eigenvalue weighted by Crippen LogP contribution is 2.33. The van der Waals surface area contributed by atoms with E-state index in [2.05, 4.69) is 5.32 Å². The lowest BCUT2D eigenvalue weighted by molar-refractivity contribution is -0.160. The van der Waals surface area contributed by atoms with Gasteiger partial charge in [-0.15, -0.1) is 0 Å². The summed E-state index contributed by atoms with van der Waals surface area (Å²) in [4.78, 5) is 49.9. The number of nitrogens with one attached hydrogen (secondary N) is 1. The molecule has 0 spiro atoms. The van der Waals surface area contributed by atoms with E-state index < -0.39 is 48.5 Å². The van der Waals surface area contributed by atoms with Gasteiger partial charge in [-0.25, -0.2) is 0 Å². The van der Waals surface area contributed by atoms with Crippen LogP contribution in [0.3, 0.4) is 0 Å². The average Bonchev–Trinajstić information content (AvgIpc) is 2.91. The average molecular weight is 641 g/mol. The first kappa shape index (κ1) is 32.2. The van der Waals surface area contributed by atoms with Crippen LogP contribution in [0.5, 0.6) is 5.75 Å². The summed E-state index contributed by atoms with van der Waals surface area (Å²) >= 11 is 24.2. The number of rotatable bonds is 12. The number of carboxylic acids is 1. The van der Waals surface area contributed by atoms with Crippen LogP contribution >= 0.6 is 46.4 Å². The number of carbonyl (C=O) groups is 4. The summed E-state index contributed by atoms with van der Waals surface area (Å²) in [6.07, 6.45) is -1.32. The first-order valence-corrected chi connectivity index (χ1v) is 13.8. The zero-order chi connectivity index (χ0) is 30.1. The molecule has 2 unspecified atom stereocenters. The highest BCUT2D eigenvalue weighted by atomic mass is 35.5. The Balaban J connectivity index is 1.74. The maximum atomic E-state index is 13.0. The van der Waals surface area contributed by atoms with E-state index in [0.29, 0.717) is 22.6 Å². The molecule has 0 saturated carbocycles. The normalized spacial score (nSPS) is 12.2. The molecule has 0 radical (unpaired) electrons. The molecule has 3 rings (SSSR count). The molecule has 0 aromatic heterocycles. The van der Waals surface area contributed by atoms with E-state index in [4.69, 9.17) is 55.9 Å². The van der Waals surface area contributed by atoms with Gasteiger partial charge in [-0.05, 0) is 47.5 Å². The van der Waals surface area contributed by atoms with Crippen molar-refractivity contribution in [2.75, 3.05) is 12.4 Å². The van der Waals surface area contributed by atoms with E-state index in [0.717, 1.165) is 0 Å². The Hall–Kier alpha value is -3.30. The minimum atomic E-state index is -1.15. The van der Waals surface area contributed by atoms with Gasteiger partial charge in [-0.2, -0.15) is 0 Å². The standard InChI is InChI=1S/C29H25Cl4NO7/c1-40-25-5-3-2-4-24(25)34-26(35)12-18(16-6-8-20(30)22(32)10-16)14-28(38)41-29(39)15-19(13-27(36)37)17-7-9-21(31)23(33)11-17/h2-11,18-19H,12-15H2,1H3,(H,34,35)(H,36,37). The quantitative estimate of drug-likeness (QED) is 0.155. The van der Waals surface area contributed by atoms with Gasteiger partial charge in [0.2, 0.25) is 5.91 Å². The summed E-state index contributed by atoms with van der Waals surface area (Å²) in [5.41, 5.74) is 1.42. The molecule has 0 aliphatic carbocycles. The summed E-state index contributed by atoms with van der Waals surface area (Å²) in [6, 6.07) is 16.0. The smallest absolute Gasteiger partial charge is 0.314 e. The number of carbonyl (C=O) groups excluding carboxylic acids is 3. The van der Waals surface area contributed by atoms with Crippen LogP contribution in [0.15, 0.2) is 60.7 Å². The van der Waals surface area contributed by atoms with Gasteiger partial charge in [0.05, 0.1) is 52.2 Å². The van der Waals surface area contributed by atoms with Crippen LogP contribution in [0.4, 0.5) is 5.69 Å². The van der Waals surface area contributed by atoms with Crippen molar-refractivity contribution in [1.82, 2.24) is 0 Å². The van der Waals surface area contributed by atoms with Crippen molar-refractivity contribution in [3.8, 4) is 5.75 Å². The Morgan fingerprint density at radius 2 is 1.24 bits per heavy atom. The Bertz CT molecular complexity index is 1450. The maximum Gasteiger partial charge on any atom is 0.314 e. The highest BCUT2D eigenvalue weighted by Gasteiger charge is 2.26. The molecular weight excluding hydrogens is 616 g/mol. The van der Waals surface area contributed by atoms with Gasteiger partial charge in [-0.1, -0.05) is 70.7 Å². The lowest BCUT2D eigenvalue weighted by Crippen LogP contribution is -2.21. The van der Waals surface area contributed by atoms with Gasteiger partial charge in [0, 0.05) is 18.3 Å². The second kappa shape index (κ2) is 15.1. The third kappa shape index (κ3) is 9.64. The molecule has 12 heteroatoms. The van der Waals surface area contributed by atoms with Gasteiger partial charge in [0.1, 0.15) is 5.75 Å². The predicted molar refractivity (Wildman–Crippen MR) is 157 cm³/mol. The first-order chi connectivity index (χ1) is 19.5. The summed E-state index contributed by atoms with van der Waals surface area (Å²) < 4.78 is 10.3. The van der Waals surface area contributed by atoms with Gasteiger partial charge < -0.3 is 19.9 Å². The Kier molecular flexibility index (Phi) is 11.8. The molecule has 41 heavy (non-hydrogen) atoms. The zero-order valence-electron chi connectivity index (χ0n) is 21.7.